The van der Waals surface area contributed by atoms with Gasteiger partial charge in [-0.15, -0.1) is 12.4 Å². The summed E-state index contributed by atoms with van der Waals surface area (Å²) >= 11 is 0. The summed E-state index contributed by atoms with van der Waals surface area (Å²) in [5, 5.41) is 9.21. The van der Waals surface area contributed by atoms with Crippen LogP contribution in [0.2, 0.25) is 0 Å². The molecule has 0 unspecified atom stereocenters. The molecule has 2 aromatic rings. The molecule has 2 N–H and O–H groups in total. The number of hydrogen-bond donors (Lipinski definition) is 2. The van der Waals surface area contributed by atoms with Crippen molar-refractivity contribution in [3.05, 3.63) is 60.4 Å². The summed E-state index contributed by atoms with van der Waals surface area (Å²) in [6.45, 7) is 0. The highest BCUT2D eigenvalue weighted by Crippen LogP contribution is 2.19. The first kappa shape index (κ1) is 11.8. The normalized spacial score (nSPS) is 14.1. The van der Waals surface area contributed by atoms with Gasteiger partial charge in [0, 0.05) is 18.8 Å². The average molecular weight is 247 g/mol. The Morgan fingerprint density at radius 2 is 1.59 bits per heavy atom. The Balaban J connectivity index is 0.00000108. The van der Waals surface area contributed by atoms with Crippen molar-refractivity contribution in [1.82, 2.24) is 10.6 Å². The highest BCUT2D eigenvalue weighted by Gasteiger charge is 2.10. The van der Waals surface area contributed by atoms with Crippen molar-refractivity contribution in [2.24, 2.45) is 0 Å². The second-order valence-corrected chi connectivity index (χ2v) is 4.06. The first-order valence-corrected chi connectivity index (χ1v) is 5.57. The summed E-state index contributed by atoms with van der Waals surface area (Å²) in [4.78, 5) is 0. The van der Waals surface area contributed by atoms with Gasteiger partial charge in [-0.05, 0) is 16.3 Å². The van der Waals surface area contributed by atoms with Crippen LogP contribution in [0.1, 0.15) is 5.56 Å². The zero-order chi connectivity index (χ0) is 10.8. The summed E-state index contributed by atoms with van der Waals surface area (Å²) in [6, 6.07) is 15.0. The van der Waals surface area contributed by atoms with E-state index in [1.807, 2.05) is 12.4 Å². The van der Waals surface area contributed by atoms with Crippen LogP contribution in [-0.4, -0.2) is 6.17 Å². The molecule has 0 aromatic heterocycles. The molecule has 3 rings (SSSR count). The lowest BCUT2D eigenvalue weighted by Gasteiger charge is -2.13. The maximum Gasteiger partial charge on any atom is 0.0997 e. The van der Waals surface area contributed by atoms with E-state index in [1.165, 1.54) is 16.3 Å². The van der Waals surface area contributed by atoms with Gasteiger partial charge in [-0.1, -0.05) is 42.5 Å². The Hall–Kier alpha value is -1.67. The standard InChI is InChI=1S/C14H14N2.ClH/c1-2-7-13-11(4-1)5-3-6-12(13)10-14-15-8-9-16-14;/h1-9,14-16H,10H2;1H. The number of rotatable bonds is 2. The molecule has 0 saturated heterocycles. The second kappa shape index (κ2) is 5.11. The van der Waals surface area contributed by atoms with Crippen LogP contribution in [0.15, 0.2) is 54.9 Å². The number of nitrogens with one attached hydrogen (secondary N) is 2. The Morgan fingerprint density at radius 1 is 0.882 bits per heavy atom. The van der Waals surface area contributed by atoms with Gasteiger partial charge in [0.15, 0.2) is 0 Å². The van der Waals surface area contributed by atoms with Crippen LogP contribution in [0.5, 0.6) is 0 Å². The van der Waals surface area contributed by atoms with Crippen LogP contribution < -0.4 is 10.6 Å². The van der Waals surface area contributed by atoms with Crippen molar-refractivity contribution >= 4 is 23.2 Å². The van der Waals surface area contributed by atoms with Gasteiger partial charge in [0.25, 0.3) is 0 Å². The molecule has 0 fully saturated rings. The SMILES string of the molecule is C1=CNC(Cc2cccc3ccccc23)N1.Cl. The van der Waals surface area contributed by atoms with Gasteiger partial charge in [-0.25, -0.2) is 0 Å². The van der Waals surface area contributed by atoms with Gasteiger partial charge < -0.3 is 10.6 Å². The Morgan fingerprint density at radius 3 is 2.41 bits per heavy atom. The minimum Gasteiger partial charge on any atom is -0.370 e. The van der Waals surface area contributed by atoms with Crippen molar-refractivity contribution < 1.29 is 0 Å². The summed E-state index contributed by atoms with van der Waals surface area (Å²) < 4.78 is 0. The van der Waals surface area contributed by atoms with E-state index in [0.717, 1.165) is 6.42 Å². The quantitative estimate of drug-likeness (QED) is 0.852. The molecule has 88 valence electrons. The van der Waals surface area contributed by atoms with Crippen LogP contribution in [0.4, 0.5) is 0 Å². The third kappa shape index (κ3) is 2.37. The molecule has 2 nitrogen and oxygen atoms in total. The monoisotopic (exact) mass is 246 g/mol. The molecule has 1 heterocycles. The number of benzene rings is 2. The van der Waals surface area contributed by atoms with E-state index in [1.54, 1.807) is 0 Å². The molecule has 0 spiro atoms. The number of fused-ring (bicyclic) bond motifs is 1. The number of hydrogen-bond acceptors (Lipinski definition) is 2. The lowest BCUT2D eigenvalue weighted by Crippen LogP contribution is -2.32. The molecule has 0 radical (unpaired) electrons. The Kier molecular flexibility index (Phi) is 3.55. The van der Waals surface area contributed by atoms with Crippen LogP contribution in [0, 0.1) is 0 Å². The molecule has 0 amide bonds. The van der Waals surface area contributed by atoms with E-state index < -0.39 is 0 Å². The summed E-state index contributed by atoms with van der Waals surface area (Å²) in [6.07, 6.45) is 5.23. The van der Waals surface area contributed by atoms with E-state index in [2.05, 4.69) is 53.1 Å². The van der Waals surface area contributed by atoms with Crippen molar-refractivity contribution in [3.63, 3.8) is 0 Å². The molecule has 2 aromatic carbocycles. The molecular formula is C14H15ClN2. The lowest BCUT2D eigenvalue weighted by atomic mass is 10.0. The maximum absolute atomic E-state index is 3.28. The fourth-order valence-corrected chi connectivity index (χ4v) is 2.18. The van der Waals surface area contributed by atoms with E-state index in [4.69, 9.17) is 0 Å². The summed E-state index contributed by atoms with van der Waals surface area (Å²) in [7, 11) is 0. The Labute approximate surface area is 107 Å². The maximum atomic E-state index is 3.28. The minimum absolute atomic E-state index is 0. The van der Waals surface area contributed by atoms with Gasteiger partial charge in [0.05, 0.1) is 6.17 Å². The van der Waals surface area contributed by atoms with Gasteiger partial charge in [-0.3, -0.25) is 0 Å². The molecule has 1 aliphatic heterocycles. The molecule has 0 atom stereocenters. The van der Waals surface area contributed by atoms with E-state index >= 15 is 0 Å². The van der Waals surface area contributed by atoms with Gasteiger partial charge in [-0.2, -0.15) is 0 Å². The van der Waals surface area contributed by atoms with E-state index in [0.29, 0.717) is 6.17 Å². The van der Waals surface area contributed by atoms with Crippen LogP contribution >= 0.6 is 12.4 Å². The predicted molar refractivity (Wildman–Crippen MR) is 74.1 cm³/mol. The first-order valence-electron chi connectivity index (χ1n) is 5.57. The molecule has 1 aliphatic rings. The molecule has 3 heteroatoms. The predicted octanol–water partition coefficient (Wildman–Crippen LogP) is 2.79. The third-order valence-electron chi connectivity index (χ3n) is 2.98. The van der Waals surface area contributed by atoms with Crippen LogP contribution in [0.25, 0.3) is 10.8 Å². The van der Waals surface area contributed by atoms with E-state index in [-0.39, 0.29) is 12.4 Å². The van der Waals surface area contributed by atoms with Crippen molar-refractivity contribution in [3.8, 4) is 0 Å². The number of halogens is 1. The zero-order valence-corrected chi connectivity index (χ0v) is 10.2. The average Bonchev–Trinajstić information content (AvgIpc) is 2.82. The van der Waals surface area contributed by atoms with E-state index in [9.17, 15) is 0 Å². The topological polar surface area (TPSA) is 24.1 Å². The smallest absolute Gasteiger partial charge is 0.0997 e. The largest absolute Gasteiger partial charge is 0.370 e. The van der Waals surface area contributed by atoms with Gasteiger partial charge in [0.2, 0.25) is 0 Å². The molecular weight excluding hydrogens is 232 g/mol. The fourth-order valence-electron chi connectivity index (χ4n) is 2.18. The van der Waals surface area contributed by atoms with Gasteiger partial charge >= 0.3 is 0 Å². The molecule has 0 aliphatic carbocycles. The lowest BCUT2D eigenvalue weighted by molar-refractivity contribution is 0.569. The van der Waals surface area contributed by atoms with Crippen molar-refractivity contribution in [2.75, 3.05) is 0 Å². The molecule has 0 saturated carbocycles. The second-order valence-electron chi connectivity index (χ2n) is 4.06. The minimum atomic E-state index is 0. The fraction of sp³-hybridized carbons (Fsp3) is 0.143. The first-order chi connectivity index (χ1) is 7.93. The molecule has 17 heavy (non-hydrogen) atoms. The van der Waals surface area contributed by atoms with Crippen LogP contribution in [0.3, 0.4) is 0 Å². The molecule has 0 bridgehead atoms. The summed E-state index contributed by atoms with van der Waals surface area (Å²) in [5.74, 6) is 0. The highest BCUT2D eigenvalue weighted by atomic mass is 35.5. The highest BCUT2D eigenvalue weighted by molar-refractivity contribution is 5.86. The Bertz CT molecular complexity index is 523. The zero-order valence-electron chi connectivity index (χ0n) is 9.39. The van der Waals surface area contributed by atoms with Crippen molar-refractivity contribution in [1.29, 1.82) is 0 Å². The summed E-state index contributed by atoms with van der Waals surface area (Å²) in [5.41, 5.74) is 1.38. The van der Waals surface area contributed by atoms with Gasteiger partial charge in [0.1, 0.15) is 0 Å². The third-order valence-corrected chi connectivity index (χ3v) is 2.98. The van der Waals surface area contributed by atoms with Crippen LogP contribution in [-0.2, 0) is 6.42 Å². The van der Waals surface area contributed by atoms with Crippen molar-refractivity contribution in [2.45, 2.75) is 12.6 Å².